The lowest BCUT2D eigenvalue weighted by atomic mass is 9.80. The molecule has 6 heteroatoms. The molecule has 42 heavy (non-hydrogen) atoms. The lowest BCUT2D eigenvalue weighted by molar-refractivity contribution is -0.151. The number of hydrogen-bond donors (Lipinski definition) is 1. The number of hydrogen-bond acceptors (Lipinski definition) is 6. The van der Waals surface area contributed by atoms with Gasteiger partial charge in [-0.15, -0.1) is 0 Å². The van der Waals surface area contributed by atoms with Gasteiger partial charge in [0.05, 0.1) is 31.7 Å². The van der Waals surface area contributed by atoms with Gasteiger partial charge in [0.1, 0.15) is 0 Å². The lowest BCUT2D eigenvalue weighted by Crippen LogP contribution is -2.29. The number of unbranched alkanes of at least 4 members (excludes halogenated alkanes) is 8. The van der Waals surface area contributed by atoms with Crippen molar-refractivity contribution in [2.45, 2.75) is 155 Å². The van der Waals surface area contributed by atoms with Crippen LogP contribution in [0.4, 0.5) is 0 Å². The van der Waals surface area contributed by atoms with Gasteiger partial charge in [0, 0.05) is 6.54 Å². The first-order valence-electron chi connectivity index (χ1n) is 18.2. The minimum absolute atomic E-state index is 0.0276. The van der Waals surface area contributed by atoms with E-state index in [1.807, 2.05) is 0 Å². The minimum atomic E-state index is 0.0276. The van der Waals surface area contributed by atoms with E-state index in [1.165, 1.54) is 77.0 Å². The highest BCUT2D eigenvalue weighted by Crippen LogP contribution is 2.33. The molecule has 2 aliphatic carbocycles. The van der Waals surface area contributed by atoms with Gasteiger partial charge in [0.2, 0.25) is 0 Å². The van der Waals surface area contributed by atoms with E-state index in [0.29, 0.717) is 19.8 Å². The van der Waals surface area contributed by atoms with Crippen LogP contribution in [-0.2, 0) is 19.1 Å². The zero-order chi connectivity index (χ0) is 30.3. The van der Waals surface area contributed by atoms with Gasteiger partial charge in [-0.1, -0.05) is 65.2 Å². The topological polar surface area (TPSA) is 76.1 Å². The monoisotopic (exact) mass is 594 g/mol. The molecule has 0 aromatic heterocycles. The van der Waals surface area contributed by atoms with Gasteiger partial charge in [0.15, 0.2) is 0 Å². The van der Waals surface area contributed by atoms with Crippen LogP contribution in [0.1, 0.15) is 155 Å². The second-order valence-electron chi connectivity index (χ2n) is 13.4. The van der Waals surface area contributed by atoms with E-state index >= 15 is 0 Å². The van der Waals surface area contributed by atoms with Crippen LogP contribution in [0.2, 0.25) is 0 Å². The number of nitrogens with zero attached hydrogens (tertiary/aromatic N) is 1. The maximum Gasteiger partial charge on any atom is 0.308 e. The molecule has 0 aromatic carbocycles. The molecule has 2 aliphatic rings. The van der Waals surface area contributed by atoms with Crippen molar-refractivity contribution in [2.24, 2.45) is 23.7 Å². The molecule has 0 spiro atoms. The second kappa shape index (κ2) is 24.2. The average molecular weight is 594 g/mol. The molecule has 2 fully saturated rings. The Morgan fingerprint density at radius 2 is 1.00 bits per heavy atom. The predicted molar refractivity (Wildman–Crippen MR) is 172 cm³/mol. The fraction of sp³-hybridized carbons (Fsp3) is 0.944. The van der Waals surface area contributed by atoms with Crippen LogP contribution >= 0.6 is 0 Å². The predicted octanol–water partition coefficient (Wildman–Crippen LogP) is 8.48. The van der Waals surface area contributed by atoms with Crippen molar-refractivity contribution in [3.63, 3.8) is 0 Å². The summed E-state index contributed by atoms with van der Waals surface area (Å²) in [6.07, 6.45) is 25.4. The Hall–Kier alpha value is -1.14. The highest BCUT2D eigenvalue weighted by molar-refractivity contribution is 5.72. The highest BCUT2D eigenvalue weighted by atomic mass is 16.5. The normalized spacial score (nSPS) is 22.8. The summed E-state index contributed by atoms with van der Waals surface area (Å²) in [4.78, 5) is 27.3. The summed E-state index contributed by atoms with van der Waals surface area (Å²) in [6, 6.07) is 0. The van der Waals surface area contributed by atoms with Gasteiger partial charge in [-0.2, -0.15) is 0 Å². The zero-order valence-electron chi connectivity index (χ0n) is 27.6. The molecule has 6 nitrogen and oxygen atoms in total. The molecule has 1 N–H and O–H groups in total. The van der Waals surface area contributed by atoms with Crippen molar-refractivity contribution in [3.05, 3.63) is 0 Å². The van der Waals surface area contributed by atoms with Crippen LogP contribution in [-0.4, -0.2) is 61.4 Å². The highest BCUT2D eigenvalue weighted by Gasteiger charge is 2.28. The Morgan fingerprint density at radius 3 is 1.38 bits per heavy atom. The SMILES string of the molecule is CCCCCC1CCC(C(=O)OCCCCCN(CCO)CCCCCOC(=O)C2CCC(CCCCC)CC2)CC1. The third kappa shape index (κ3) is 16.6. The first kappa shape index (κ1) is 37.0. The zero-order valence-corrected chi connectivity index (χ0v) is 27.6. The molecule has 2 rings (SSSR count). The van der Waals surface area contributed by atoms with E-state index in [1.54, 1.807) is 0 Å². The van der Waals surface area contributed by atoms with Crippen molar-refractivity contribution >= 4 is 11.9 Å². The summed E-state index contributed by atoms with van der Waals surface area (Å²) in [5, 5.41) is 9.47. The Morgan fingerprint density at radius 1 is 0.571 bits per heavy atom. The van der Waals surface area contributed by atoms with Crippen molar-refractivity contribution < 1.29 is 24.2 Å². The number of esters is 2. The fourth-order valence-electron chi connectivity index (χ4n) is 7.03. The summed E-state index contributed by atoms with van der Waals surface area (Å²) in [6.45, 7) is 8.39. The third-order valence-corrected chi connectivity index (χ3v) is 9.93. The van der Waals surface area contributed by atoms with Crippen molar-refractivity contribution in [3.8, 4) is 0 Å². The van der Waals surface area contributed by atoms with Gasteiger partial charge in [-0.3, -0.25) is 9.59 Å². The molecule has 0 amide bonds. The Bertz CT molecular complexity index is 616. The smallest absolute Gasteiger partial charge is 0.308 e. The maximum atomic E-state index is 12.5. The molecule has 2 saturated carbocycles. The molecule has 0 bridgehead atoms. The minimum Gasteiger partial charge on any atom is -0.465 e. The number of rotatable bonds is 24. The van der Waals surface area contributed by atoms with Gasteiger partial charge < -0.3 is 19.5 Å². The summed E-state index contributed by atoms with van der Waals surface area (Å²) in [5.74, 6) is 1.94. The van der Waals surface area contributed by atoms with Crippen LogP contribution in [0.15, 0.2) is 0 Å². The van der Waals surface area contributed by atoms with E-state index in [2.05, 4.69) is 18.7 Å². The number of ether oxygens (including phenoxy) is 2. The van der Waals surface area contributed by atoms with Crippen molar-refractivity contribution in [1.29, 1.82) is 0 Å². The van der Waals surface area contributed by atoms with Crippen LogP contribution in [0.3, 0.4) is 0 Å². The van der Waals surface area contributed by atoms with E-state index in [4.69, 9.17) is 9.47 Å². The standard InChI is InChI=1S/C36H67NO5/c1-3-5-9-15-31-17-21-33(22-18-31)35(39)41-29-13-7-11-25-37(27-28-38)26-12-8-14-30-42-36(40)34-23-19-32(20-24-34)16-10-6-4-2/h31-34,38H,3-30H2,1-2H3. The Kier molecular flexibility index (Phi) is 21.4. The maximum absolute atomic E-state index is 12.5. The third-order valence-electron chi connectivity index (χ3n) is 9.93. The van der Waals surface area contributed by atoms with E-state index in [9.17, 15) is 14.7 Å². The molecule has 0 radical (unpaired) electrons. The van der Waals surface area contributed by atoms with E-state index < -0.39 is 0 Å². The molecule has 0 unspecified atom stereocenters. The van der Waals surface area contributed by atoms with Gasteiger partial charge >= 0.3 is 11.9 Å². The van der Waals surface area contributed by atoms with E-state index in [-0.39, 0.29) is 30.4 Å². The molecule has 246 valence electrons. The van der Waals surface area contributed by atoms with Crippen molar-refractivity contribution in [2.75, 3.05) is 39.5 Å². The molecule has 0 heterocycles. The Balaban J connectivity index is 1.44. The number of carbonyl (C=O) groups is 2. The summed E-state index contributed by atoms with van der Waals surface area (Å²) in [7, 11) is 0. The molecule has 0 aromatic rings. The number of carbonyl (C=O) groups excluding carboxylic acids is 2. The molecular weight excluding hydrogens is 526 g/mol. The first-order valence-corrected chi connectivity index (χ1v) is 18.2. The van der Waals surface area contributed by atoms with Crippen LogP contribution in [0.5, 0.6) is 0 Å². The summed E-state index contributed by atoms with van der Waals surface area (Å²) >= 11 is 0. The van der Waals surface area contributed by atoms with E-state index in [0.717, 1.165) is 89.1 Å². The quantitative estimate of drug-likeness (QED) is 0.0893. The van der Waals surface area contributed by atoms with Gasteiger partial charge in [0.25, 0.3) is 0 Å². The van der Waals surface area contributed by atoms with Gasteiger partial charge in [-0.05, 0) is 115 Å². The Labute approximate surface area is 259 Å². The summed E-state index contributed by atoms with van der Waals surface area (Å²) < 4.78 is 11.2. The van der Waals surface area contributed by atoms with Crippen LogP contribution in [0, 0.1) is 23.7 Å². The average Bonchev–Trinajstić information content (AvgIpc) is 3.01. The number of aliphatic hydroxyl groups excluding tert-OH is 1. The van der Waals surface area contributed by atoms with Crippen molar-refractivity contribution in [1.82, 2.24) is 4.90 Å². The second-order valence-corrected chi connectivity index (χ2v) is 13.4. The molecular formula is C36H67NO5. The molecule has 0 aliphatic heterocycles. The largest absolute Gasteiger partial charge is 0.465 e. The fourth-order valence-corrected chi connectivity index (χ4v) is 7.03. The molecule has 0 atom stereocenters. The lowest BCUT2D eigenvalue weighted by Gasteiger charge is -2.27. The van der Waals surface area contributed by atoms with Crippen LogP contribution in [0.25, 0.3) is 0 Å². The van der Waals surface area contributed by atoms with Gasteiger partial charge in [-0.25, -0.2) is 0 Å². The van der Waals surface area contributed by atoms with Crippen LogP contribution < -0.4 is 0 Å². The number of aliphatic hydroxyl groups is 1. The molecule has 0 saturated heterocycles. The first-order chi connectivity index (χ1) is 20.6. The summed E-state index contributed by atoms with van der Waals surface area (Å²) in [5.41, 5.74) is 0.